The van der Waals surface area contributed by atoms with Gasteiger partial charge in [-0.25, -0.2) is 8.42 Å². The van der Waals surface area contributed by atoms with Crippen LogP contribution >= 0.6 is 0 Å². The minimum absolute atomic E-state index is 0.188. The summed E-state index contributed by atoms with van der Waals surface area (Å²) in [6.45, 7) is 1.20. The Balaban J connectivity index is 1.45. The smallest absolute Gasteiger partial charge is 0.183 e. The van der Waals surface area contributed by atoms with E-state index in [1.165, 1.54) is 0 Å². The van der Waals surface area contributed by atoms with Crippen molar-refractivity contribution >= 4 is 9.84 Å². The van der Waals surface area contributed by atoms with Crippen molar-refractivity contribution in [2.75, 3.05) is 19.0 Å². The van der Waals surface area contributed by atoms with Crippen molar-refractivity contribution in [1.82, 2.24) is 0 Å². The standard InChI is InChI=1S/C18H20O5S/c19-24(20,17-9-5-2-6-10-17)14-18-22-13-16(23-18)12-21-11-15-7-3-1-4-8-15/h1-10,16,18H,11-14H2. The first-order chi connectivity index (χ1) is 11.6. The molecule has 1 fully saturated rings. The Morgan fingerprint density at radius 2 is 1.67 bits per heavy atom. The molecular formula is C18H20O5S. The Kier molecular flexibility index (Phi) is 5.63. The van der Waals surface area contributed by atoms with Crippen molar-refractivity contribution in [3.05, 3.63) is 66.2 Å². The van der Waals surface area contributed by atoms with Gasteiger partial charge in [0, 0.05) is 0 Å². The van der Waals surface area contributed by atoms with Crippen LogP contribution in [0.5, 0.6) is 0 Å². The Morgan fingerprint density at radius 1 is 1.00 bits per heavy atom. The third kappa shape index (κ3) is 4.64. The number of hydrogen-bond acceptors (Lipinski definition) is 5. The molecule has 3 rings (SSSR count). The number of rotatable bonds is 7. The summed E-state index contributed by atoms with van der Waals surface area (Å²) in [6, 6.07) is 18.2. The summed E-state index contributed by atoms with van der Waals surface area (Å²) < 4.78 is 41.3. The predicted molar refractivity (Wildman–Crippen MR) is 89.2 cm³/mol. The predicted octanol–water partition coefficient (Wildman–Crippen LogP) is 2.42. The molecule has 0 radical (unpaired) electrons. The van der Waals surface area contributed by atoms with Gasteiger partial charge in [-0.05, 0) is 17.7 Å². The molecule has 128 valence electrons. The molecule has 2 aromatic rings. The van der Waals surface area contributed by atoms with Crippen molar-refractivity contribution in [1.29, 1.82) is 0 Å². The lowest BCUT2D eigenvalue weighted by Gasteiger charge is -2.12. The first-order valence-electron chi connectivity index (χ1n) is 7.80. The van der Waals surface area contributed by atoms with E-state index >= 15 is 0 Å². The zero-order valence-electron chi connectivity index (χ0n) is 13.2. The number of hydrogen-bond donors (Lipinski definition) is 0. The summed E-state index contributed by atoms with van der Waals surface area (Å²) in [5.41, 5.74) is 1.08. The van der Waals surface area contributed by atoms with E-state index in [0.717, 1.165) is 5.56 Å². The van der Waals surface area contributed by atoms with Crippen LogP contribution in [0.2, 0.25) is 0 Å². The summed E-state index contributed by atoms with van der Waals surface area (Å²) in [6.07, 6.45) is -0.995. The molecule has 2 atom stereocenters. The molecule has 1 aliphatic rings. The van der Waals surface area contributed by atoms with Gasteiger partial charge >= 0.3 is 0 Å². The quantitative estimate of drug-likeness (QED) is 0.769. The third-order valence-electron chi connectivity index (χ3n) is 3.69. The van der Waals surface area contributed by atoms with Crippen molar-refractivity contribution in [3.63, 3.8) is 0 Å². The molecule has 6 heteroatoms. The van der Waals surface area contributed by atoms with E-state index in [1.54, 1.807) is 30.3 Å². The lowest BCUT2D eigenvalue weighted by molar-refractivity contribution is -0.0576. The van der Waals surface area contributed by atoms with Crippen LogP contribution in [0.1, 0.15) is 5.56 Å². The van der Waals surface area contributed by atoms with E-state index in [1.807, 2.05) is 30.3 Å². The maximum absolute atomic E-state index is 12.3. The lowest BCUT2D eigenvalue weighted by Crippen LogP contribution is -2.24. The van der Waals surface area contributed by atoms with Crippen LogP contribution in [0.3, 0.4) is 0 Å². The molecule has 5 nitrogen and oxygen atoms in total. The maximum Gasteiger partial charge on any atom is 0.183 e. The van der Waals surface area contributed by atoms with Crippen LogP contribution in [0.25, 0.3) is 0 Å². The monoisotopic (exact) mass is 348 g/mol. The normalized spacial score (nSPS) is 21.0. The van der Waals surface area contributed by atoms with E-state index in [-0.39, 0.29) is 16.8 Å². The molecule has 2 unspecified atom stereocenters. The van der Waals surface area contributed by atoms with Crippen LogP contribution in [0.4, 0.5) is 0 Å². The summed E-state index contributed by atoms with van der Waals surface area (Å²) in [5, 5.41) is 0. The SMILES string of the molecule is O=S(=O)(CC1OCC(COCc2ccccc2)O1)c1ccccc1. The van der Waals surface area contributed by atoms with Crippen LogP contribution in [-0.4, -0.2) is 39.8 Å². The summed E-state index contributed by atoms with van der Waals surface area (Å²) in [4.78, 5) is 0.279. The topological polar surface area (TPSA) is 61.8 Å². The molecule has 0 amide bonds. The van der Waals surface area contributed by atoms with Crippen molar-refractivity contribution in [2.24, 2.45) is 0 Å². The van der Waals surface area contributed by atoms with Gasteiger partial charge in [0.15, 0.2) is 16.1 Å². The first-order valence-corrected chi connectivity index (χ1v) is 9.45. The molecule has 0 spiro atoms. The number of sulfone groups is 1. The van der Waals surface area contributed by atoms with E-state index in [9.17, 15) is 8.42 Å². The van der Waals surface area contributed by atoms with Crippen LogP contribution in [0, 0.1) is 0 Å². The first kappa shape index (κ1) is 17.1. The van der Waals surface area contributed by atoms with Gasteiger partial charge in [-0.2, -0.15) is 0 Å². The highest BCUT2D eigenvalue weighted by Crippen LogP contribution is 2.18. The van der Waals surface area contributed by atoms with Gasteiger partial charge in [-0.15, -0.1) is 0 Å². The average molecular weight is 348 g/mol. The largest absolute Gasteiger partial charge is 0.374 e. The summed E-state index contributed by atoms with van der Waals surface area (Å²) >= 11 is 0. The molecular weight excluding hydrogens is 328 g/mol. The summed E-state index contributed by atoms with van der Waals surface area (Å²) in [5.74, 6) is -0.188. The van der Waals surface area contributed by atoms with Gasteiger partial charge in [0.1, 0.15) is 11.9 Å². The van der Waals surface area contributed by atoms with Crippen molar-refractivity contribution in [2.45, 2.75) is 23.9 Å². The van der Waals surface area contributed by atoms with Gasteiger partial charge < -0.3 is 14.2 Å². The number of benzene rings is 2. The zero-order valence-corrected chi connectivity index (χ0v) is 14.0. The highest BCUT2D eigenvalue weighted by molar-refractivity contribution is 7.91. The molecule has 0 saturated carbocycles. The maximum atomic E-state index is 12.3. The highest BCUT2D eigenvalue weighted by Gasteiger charge is 2.31. The Morgan fingerprint density at radius 3 is 2.38 bits per heavy atom. The van der Waals surface area contributed by atoms with Gasteiger partial charge in [0.25, 0.3) is 0 Å². The molecule has 1 saturated heterocycles. The van der Waals surface area contributed by atoms with E-state index in [2.05, 4.69) is 0 Å². The Labute approximate surface area is 142 Å². The second-order valence-corrected chi connectivity index (χ2v) is 7.65. The third-order valence-corrected chi connectivity index (χ3v) is 5.39. The molecule has 1 aliphatic heterocycles. The van der Waals surface area contributed by atoms with Gasteiger partial charge in [-0.3, -0.25) is 0 Å². The molecule has 0 aliphatic carbocycles. The minimum atomic E-state index is -3.42. The van der Waals surface area contributed by atoms with E-state index in [4.69, 9.17) is 14.2 Å². The fourth-order valence-electron chi connectivity index (χ4n) is 2.47. The highest BCUT2D eigenvalue weighted by atomic mass is 32.2. The van der Waals surface area contributed by atoms with Gasteiger partial charge in [0.2, 0.25) is 0 Å². The minimum Gasteiger partial charge on any atom is -0.374 e. The number of ether oxygens (including phenoxy) is 3. The Hall–Kier alpha value is -1.73. The van der Waals surface area contributed by atoms with Crippen molar-refractivity contribution in [3.8, 4) is 0 Å². The average Bonchev–Trinajstić information content (AvgIpc) is 3.03. The van der Waals surface area contributed by atoms with Crippen LogP contribution < -0.4 is 0 Å². The molecule has 0 bridgehead atoms. The molecule has 24 heavy (non-hydrogen) atoms. The molecule has 0 aromatic heterocycles. The van der Waals surface area contributed by atoms with E-state index in [0.29, 0.717) is 19.8 Å². The van der Waals surface area contributed by atoms with Gasteiger partial charge in [0.05, 0.1) is 24.7 Å². The van der Waals surface area contributed by atoms with Crippen molar-refractivity contribution < 1.29 is 22.6 Å². The summed E-state index contributed by atoms with van der Waals surface area (Å²) in [7, 11) is -3.42. The van der Waals surface area contributed by atoms with E-state index < -0.39 is 16.1 Å². The lowest BCUT2D eigenvalue weighted by atomic mass is 10.2. The van der Waals surface area contributed by atoms with Gasteiger partial charge in [-0.1, -0.05) is 48.5 Å². The second-order valence-electron chi connectivity index (χ2n) is 5.62. The van der Waals surface area contributed by atoms with Crippen LogP contribution in [0.15, 0.2) is 65.6 Å². The molecule has 1 heterocycles. The Bertz CT molecular complexity index is 731. The molecule has 0 N–H and O–H groups in total. The zero-order chi connectivity index (χ0) is 16.8. The fourth-order valence-corrected chi connectivity index (χ4v) is 3.77. The second kappa shape index (κ2) is 7.90. The fraction of sp³-hybridized carbons (Fsp3) is 0.333. The molecule has 2 aromatic carbocycles. The van der Waals surface area contributed by atoms with Crippen LogP contribution in [-0.2, 0) is 30.7 Å².